The fraction of sp³-hybridized carbons (Fsp3) is 0.312. The van der Waals surface area contributed by atoms with Gasteiger partial charge in [-0.25, -0.2) is 4.39 Å². The van der Waals surface area contributed by atoms with Gasteiger partial charge in [-0.15, -0.1) is 0 Å². The molecule has 0 spiro atoms. The second-order valence-electron chi connectivity index (χ2n) is 4.81. The van der Waals surface area contributed by atoms with Crippen LogP contribution in [0.4, 0.5) is 4.39 Å². The van der Waals surface area contributed by atoms with Crippen LogP contribution in [0.5, 0.6) is 0 Å². The van der Waals surface area contributed by atoms with E-state index in [2.05, 4.69) is 9.88 Å². The van der Waals surface area contributed by atoms with Gasteiger partial charge >= 0.3 is 0 Å². The van der Waals surface area contributed by atoms with Gasteiger partial charge < -0.3 is 5.11 Å². The number of hydrogen-bond donors (Lipinski definition) is 1. The maximum atomic E-state index is 13.8. The molecule has 0 radical (unpaired) electrons. The maximum Gasteiger partial charge on any atom is 0.127 e. The van der Waals surface area contributed by atoms with Crippen molar-refractivity contribution >= 4 is 11.6 Å². The summed E-state index contributed by atoms with van der Waals surface area (Å²) in [6, 6.07) is 8.56. The van der Waals surface area contributed by atoms with Crippen molar-refractivity contribution in [3.8, 4) is 0 Å². The average molecular weight is 309 g/mol. The molecule has 0 aliphatic heterocycles. The smallest absolute Gasteiger partial charge is 0.127 e. The Morgan fingerprint density at radius 2 is 2.05 bits per heavy atom. The van der Waals surface area contributed by atoms with Crippen molar-refractivity contribution < 1.29 is 9.50 Å². The van der Waals surface area contributed by atoms with Gasteiger partial charge in [0.1, 0.15) is 5.82 Å². The first kappa shape index (κ1) is 15.9. The summed E-state index contributed by atoms with van der Waals surface area (Å²) in [7, 11) is 0. The Bertz CT molecular complexity index is 545. The van der Waals surface area contributed by atoms with E-state index >= 15 is 0 Å². The normalized spacial score (nSPS) is 11.0. The Labute approximate surface area is 129 Å². The lowest BCUT2D eigenvalue weighted by Crippen LogP contribution is -2.29. The Morgan fingerprint density at radius 1 is 1.19 bits per heavy atom. The molecule has 0 amide bonds. The maximum absolute atomic E-state index is 13.8. The van der Waals surface area contributed by atoms with Gasteiger partial charge in [-0.3, -0.25) is 9.88 Å². The van der Waals surface area contributed by atoms with E-state index in [-0.39, 0.29) is 12.4 Å². The van der Waals surface area contributed by atoms with E-state index in [1.807, 2.05) is 12.1 Å². The fourth-order valence-corrected chi connectivity index (χ4v) is 2.46. The van der Waals surface area contributed by atoms with Gasteiger partial charge in [0.15, 0.2) is 0 Å². The summed E-state index contributed by atoms with van der Waals surface area (Å²) in [5.74, 6) is -0.284. The van der Waals surface area contributed by atoms with Crippen molar-refractivity contribution in [2.75, 3.05) is 19.7 Å². The van der Waals surface area contributed by atoms with Crippen LogP contribution in [0.1, 0.15) is 11.1 Å². The Morgan fingerprint density at radius 3 is 2.71 bits per heavy atom. The number of pyridine rings is 1. The Kier molecular flexibility index (Phi) is 6.11. The van der Waals surface area contributed by atoms with Gasteiger partial charge in [0.25, 0.3) is 0 Å². The van der Waals surface area contributed by atoms with Crippen LogP contribution >= 0.6 is 11.6 Å². The van der Waals surface area contributed by atoms with Gasteiger partial charge in [0.2, 0.25) is 0 Å². The van der Waals surface area contributed by atoms with Crippen molar-refractivity contribution in [2.45, 2.75) is 13.0 Å². The summed E-state index contributed by atoms with van der Waals surface area (Å²) in [6.07, 6.45) is 4.02. The third-order valence-electron chi connectivity index (χ3n) is 3.28. The van der Waals surface area contributed by atoms with Crippen molar-refractivity contribution in [3.05, 3.63) is 64.7 Å². The highest BCUT2D eigenvalue weighted by Crippen LogP contribution is 2.20. The predicted octanol–water partition coefficient (Wildman–Crippen LogP) is 2.91. The number of rotatable bonds is 7. The predicted molar refractivity (Wildman–Crippen MR) is 81.7 cm³/mol. The molecule has 2 aromatic rings. The van der Waals surface area contributed by atoms with Crippen LogP contribution in [-0.4, -0.2) is 34.7 Å². The number of benzene rings is 1. The molecule has 0 saturated carbocycles. The summed E-state index contributed by atoms with van der Waals surface area (Å²) < 4.78 is 13.8. The van der Waals surface area contributed by atoms with Crippen molar-refractivity contribution in [1.29, 1.82) is 0 Å². The highest BCUT2D eigenvalue weighted by atomic mass is 35.5. The molecule has 0 bridgehead atoms. The highest BCUT2D eigenvalue weighted by molar-refractivity contribution is 6.31. The van der Waals surface area contributed by atoms with Crippen molar-refractivity contribution in [1.82, 2.24) is 9.88 Å². The molecule has 0 unspecified atom stereocenters. The van der Waals surface area contributed by atoms with E-state index in [9.17, 15) is 4.39 Å². The van der Waals surface area contributed by atoms with Gasteiger partial charge in [0.05, 0.1) is 6.61 Å². The zero-order valence-electron chi connectivity index (χ0n) is 11.7. The van der Waals surface area contributed by atoms with Gasteiger partial charge in [-0.1, -0.05) is 23.7 Å². The van der Waals surface area contributed by atoms with E-state index in [1.54, 1.807) is 24.5 Å². The third kappa shape index (κ3) is 4.77. The molecule has 1 N–H and O–H groups in total. The minimum absolute atomic E-state index is 0.0608. The number of aromatic nitrogens is 1. The lowest BCUT2D eigenvalue weighted by Gasteiger charge is -2.21. The van der Waals surface area contributed by atoms with Gasteiger partial charge in [0, 0.05) is 42.6 Å². The minimum atomic E-state index is -0.284. The lowest BCUT2D eigenvalue weighted by molar-refractivity contribution is 0.191. The minimum Gasteiger partial charge on any atom is -0.395 e. The molecule has 3 nitrogen and oxygen atoms in total. The first-order chi connectivity index (χ1) is 10.2. The molecule has 1 heterocycles. The summed E-state index contributed by atoms with van der Waals surface area (Å²) in [5, 5.41) is 9.61. The first-order valence-corrected chi connectivity index (χ1v) is 7.23. The third-order valence-corrected chi connectivity index (χ3v) is 3.64. The molecule has 0 saturated heterocycles. The van der Waals surface area contributed by atoms with Gasteiger partial charge in [-0.2, -0.15) is 0 Å². The van der Waals surface area contributed by atoms with Crippen LogP contribution in [0.15, 0.2) is 42.7 Å². The molecule has 0 fully saturated rings. The molecular formula is C16H18ClFN2O. The Hall–Kier alpha value is -1.49. The number of aliphatic hydroxyl groups excluding tert-OH is 1. The molecule has 21 heavy (non-hydrogen) atoms. The number of hydrogen-bond acceptors (Lipinski definition) is 3. The first-order valence-electron chi connectivity index (χ1n) is 6.85. The van der Waals surface area contributed by atoms with Crippen LogP contribution in [0.25, 0.3) is 0 Å². The second kappa shape index (κ2) is 8.08. The molecule has 1 aromatic heterocycles. The zero-order valence-corrected chi connectivity index (χ0v) is 12.4. The summed E-state index contributed by atoms with van der Waals surface area (Å²) in [4.78, 5) is 6.13. The number of nitrogens with zero attached hydrogens (tertiary/aromatic N) is 2. The summed E-state index contributed by atoms with van der Waals surface area (Å²) >= 11 is 6.03. The van der Waals surface area contributed by atoms with E-state index in [0.29, 0.717) is 36.6 Å². The fourth-order valence-electron chi connectivity index (χ4n) is 2.20. The molecule has 0 aliphatic rings. The van der Waals surface area contributed by atoms with Crippen LogP contribution in [0.3, 0.4) is 0 Å². The molecule has 0 aliphatic carbocycles. The molecular weight excluding hydrogens is 291 g/mol. The zero-order chi connectivity index (χ0) is 15.1. The van der Waals surface area contributed by atoms with Crippen molar-refractivity contribution in [2.24, 2.45) is 0 Å². The lowest BCUT2D eigenvalue weighted by atomic mass is 10.1. The second-order valence-corrected chi connectivity index (χ2v) is 5.22. The largest absolute Gasteiger partial charge is 0.395 e. The molecule has 1 aromatic carbocycles. The average Bonchev–Trinajstić information content (AvgIpc) is 2.48. The molecule has 2 rings (SSSR count). The topological polar surface area (TPSA) is 36.4 Å². The number of halogens is 2. The number of aliphatic hydroxyl groups is 1. The molecule has 5 heteroatoms. The van der Waals surface area contributed by atoms with E-state index in [1.165, 1.54) is 6.07 Å². The van der Waals surface area contributed by atoms with Crippen LogP contribution < -0.4 is 0 Å². The van der Waals surface area contributed by atoms with Crippen LogP contribution in [-0.2, 0) is 13.0 Å². The summed E-state index contributed by atoms with van der Waals surface area (Å²) in [6.45, 7) is 1.88. The standard InChI is InChI=1S/C16H18ClFN2O/c17-15-4-1-5-16(18)14(15)6-8-20(9-10-21)12-13-3-2-7-19-11-13/h1-5,7,11,21H,6,8-10,12H2. The van der Waals surface area contributed by atoms with E-state index in [0.717, 1.165) is 5.56 Å². The van der Waals surface area contributed by atoms with Crippen LogP contribution in [0, 0.1) is 5.82 Å². The monoisotopic (exact) mass is 308 g/mol. The quantitative estimate of drug-likeness (QED) is 0.854. The molecule has 112 valence electrons. The van der Waals surface area contributed by atoms with Crippen molar-refractivity contribution in [3.63, 3.8) is 0 Å². The highest BCUT2D eigenvalue weighted by Gasteiger charge is 2.10. The Balaban J connectivity index is 2.00. The van der Waals surface area contributed by atoms with Gasteiger partial charge in [-0.05, 0) is 30.2 Å². The summed E-state index contributed by atoms with van der Waals surface area (Å²) in [5.41, 5.74) is 1.58. The van der Waals surface area contributed by atoms with Crippen LogP contribution in [0.2, 0.25) is 5.02 Å². The van der Waals surface area contributed by atoms with E-state index in [4.69, 9.17) is 16.7 Å². The molecule has 0 atom stereocenters. The van der Waals surface area contributed by atoms with E-state index < -0.39 is 0 Å². The SMILES string of the molecule is OCCN(CCc1c(F)cccc1Cl)Cc1cccnc1.